The minimum atomic E-state index is -1.35. The monoisotopic (exact) mass is 655 g/mol. The van der Waals surface area contributed by atoms with Crippen LogP contribution in [0.15, 0.2) is 54.6 Å². The number of carboxylic acid groups (broad SMARTS) is 2. The molecule has 0 spiro atoms. The number of amides is 3. The molecule has 0 fully saturated rings. The molecule has 2 atom stereocenters. The second kappa shape index (κ2) is 17.7. The summed E-state index contributed by atoms with van der Waals surface area (Å²) in [5.74, 6) is -5.31. The number of carbonyl (C=O) groups is 5. The highest BCUT2D eigenvalue weighted by atomic mass is 35.5. The summed E-state index contributed by atoms with van der Waals surface area (Å²) >= 11 is 6.41. The maximum absolute atomic E-state index is 13.2. The number of hydrogen-bond donors (Lipinski definition) is 6. The fraction of sp³-hybridized carbons (Fsp3) is 0.375. The van der Waals surface area contributed by atoms with E-state index in [1.165, 1.54) is 17.6 Å². The van der Waals surface area contributed by atoms with Gasteiger partial charge >= 0.3 is 11.9 Å². The second-order valence-corrected chi connectivity index (χ2v) is 11.1. The van der Waals surface area contributed by atoms with E-state index < -0.39 is 41.6 Å². The Bertz CT molecular complexity index is 1510. The molecule has 0 radical (unpaired) electrons. The van der Waals surface area contributed by atoms with Crippen LogP contribution in [0.5, 0.6) is 0 Å². The van der Waals surface area contributed by atoms with E-state index in [1.807, 2.05) is 6.92 Å². The first-order valence-corrected chi connectivity index (χ1v) is 15.3. The van der Waals surface area contributed by atoms with Crippen LogP contribution in [-0.4, -0.2) is 67.2 Å². The number of unbranched alkanes of at least 4 members (excludes halogenated alkanes) is 2. The molecule has 13 nitrogen and oxygen atoms in total. The zero-order valence-electron chi connectivity index (χ0n) is 25.4. The maximum Gasteiger partial charge on any atom is 0.335 e. The molecule has 3 amide bonds. The van der Waals surface area contributed by atoms with E-state index in [0.29, 0.717) is 30.7 Å². The van der Waals surface area contributed by atoms with E-state index in [0.717, 1.165) is 18.4 Å². The van der Waals surface area contributed by atoms with E-state index in [9.17, 15) is 34.2 Å². The Labute approximate surface area is 270 Å². The molecule has 1 aromatic heterocycles. The van der Waals surface area contributed by atoms with E-state index in [2.05, 4.69) is 15.6 Å². The van der Waals surface area contributed by atoms with Gasteiger partial charge in [0.2, 0.25) is 5.91 Å². The third kappa shape index (κ3) is 10.1. The molecule has 14 heteroatoms. The molecule has 0 saturated heterocycles. The standard InChI is InChI=1S/C32H38ClN5O8/c1-2-3-12-25-36-27(33)26(38(25)19-21-13-15-22(16-14-21)31(42)43)30(41)34-17-8-7-11-24(32(44)45)35-28(39)23(29(40)37-46)18-20-9-5-4-6-10-20/h4-6,9-10,13-16,23-24,46H,2-3,7-8,11-12,17-19H2,1H3,(H,34,41)(H,35,39)(H,37,40)(H,42,43)(H,44,45). The van der Waals surface area contributed by atoms with Crippen LogP contribution in [0.3, 0.4) is 0 Å². The number of imidazole rings is 1. The summed E-state index contributed by atoms with van der Waals surface area (Å²) in [6.45, 7) is 2.46. The molecular formula is C32H38ClN5O8. The first kappa shape index (κ1) is 35.7. The Morgan fingerprint density at radius 3 is 2.22 bits per heavy atom. The number of halogens is 1. The molecule has 2 aromatic carbocycles. The van der Waals surface area contributed by atoms with E-state index in [4.69, 9.17) is 16.8 Å². The number of aryl methyl sites for hydroxylation is 1. The van der Waals surface area contributed by atoms with Crippen LogP contribution in [0.1, 0.15) is 76.8 Å². The van der Waals surface area contributed by atoms with Crippen molar-refractivity contribution in [2.24, 2.45) is 5.92 Å². The van der Waals surface area contributed by atoms with Crippen molar-refractivity contribution in [1.29, 1.82) is 0 Å². The summed E-state index contributed by atoms with van der Waals surface area (Å²) in [6, 6.07) is 13.7. The quantitative estimate of drug-likeness (QED) is 0.0514. The predicted octanol–water partition coefficient (Wildman–Crippen LogP) is 3.46. The van der Waals surface area contributed by atoms with Crippen LogP contribution in [0, 0.1) is 5.92 Å². The summed E-state index contributed by atoms with van der Waals surface area (Å²) < 4.78 is 1.72. The van der Waals surface area contributed by atoms with Crippen LogP contribution in [0.25, 0.3) is 0 Å². The van der Waals surface area contributed by atoms with Crippen LogP contribution in [0.4, 0.5) is 0 Å². The average Bonchev–Trinajstić information content (AvgIpc) is 3.35. The SMILES string of the molecule is CCCCc1nc(Cl)c(C(=O)NCCCCC(NC(=O)C(Cc2ccccc2)C(=O)NO)C(=O)O)n1Cc1ccc(C(=O)O)cc1. The molecule has 0 aliphatic rings. The van der Waals surface area contributed by atoms with Gasteiger partial charge in [-0.3, -0.25) is 19.6 Å². The van der Waals surface area contributed by atoms with Crippen molar-refractivity contribution in [2.75, 3.05) is 6.54 Å². The number of aromatic nitrogens is 2. The number of aromatic carboxylic acids is 1. The maximum atomic E-state index is 13.2. The number of carboxylic acids is 2. The molecule has 3 aromatic rings. The average molecular weight is 656 g/mol. The number of hydrogen-bond acceptors (Lipinski definition) is 7. The highest BCUT2D eigenvalue weighted by Gasteiger charge is 2.30. The number of benzene rings is 2. The molecule has 246 valence electrons. The normalized spacial score (nSPS) is 12.2. The van der Waals surface area contributed by atoms with Crippen molar-refractivity contribution in [3.63, 3.8) is 0 Å². The lowest BCUT2D eigenvalue weighted by Crippen LogP contribution is -2.48. The summed E-state index contributed by atoms with van der Waals surface area (Å²) in [4.78, 5) is 65.8. The highest BCUT2D eigenvalue weighted by molar-refractivity contribution is 6.32. The van der Waals surface area contributed by atoms with Gasteiger partial charge in [-0.25, -0.2) is 20.1 Å². The largest absolute Gasteiger partial charge is 0.480 e. The lowest BCUT2D eigenvalue weighted by atomic mass is 9.97. The van der Waals surface area contributed by atoms with Crippen molar-refractivity contribution in [3.8, 4) is 0 Å². The number of carbonyl (C=O) groups excluding carboxylic acids is 3. The Morgan fingerprint density at radius 1 is 0.913 bits per heavy atom. The molecule has 0 aliphatic heterocycles. The second-order valence-electron chi connectivity index (χ2n) is 10.7. The van der Waals surface area contributed by atoms with Gasteiger partial charge in [0.1, 0.15) is 23.5 Å². The molecular weight excluding hydrogens is 618 g/mol. The topological polar surface area (TPSA) is 200 Å². The number of nitrogens with zero attached hydrogens (tertiary/aromatic N) is 2. The summed E-state index contributed by atoms with van der Waals surface area (Å²) in [7, 11) is 0. The number of hydroxylamine groups is 1. The van der Waals surface area contributed by atoms with Gasteiger partial charge in [-0.1, -0.05) is 67.4 Å². The molecule has 3 rings (SSSR count). The number of aliphatic carboxylic acids is 1. The lowest BCUT2D eigenvalue weighted by molar-refractivity contribution is -0.146. The van der Waals surface area contributed by atoms with Gasteiger partial charge in [-0.2, -0.15) is 0 Å². The summed E-state index contributed by atoms with van der Waals surface area (Å²) in [5, 5.41) is 33.2. The van der Waals surface area contributed by atoms with Crippen molar-refractivity contribution in [1.82, 2.24) is 25.7 Å². The molecule has 1 heterocycles. The van der Waals surface area contributed by atoms with Gasteiger partial charge in [0.15, 0.2) is 5.15 Å². The van der Waals surface area contributed by atoms with E-state index >= 15 is 0 Å². The lowest BCUT2D eigenvalue weighted by Gasteiger charge is -2.19. The molecule has 46 heavy (non-hydrogen) atoms. The van der Waals surface area contributed by atoms with Crippen molar-refractivity contribution >= 4 is 41.3 Å². The fourth-order valence-corrected chi connectivity index (χ4v) is 5.12. The number of nitrogens with one attached hydrogen (secondary N) is 3. The Morgan fingerprint density at radius 2 is 1.61 bits per heavy atom. The third-order valence-corrected chi connectivity index (χ3v) is 7.62. The summed E-state index contributed by atoms with van der Waals surface area (Å²) in [6.07, 6.45) is 3.00. The molecule has 0 aliphatic carbocycles. The molecule has 0 bridgehead atoms. The van der Waals surface area contributed by atoms with Gasteiger partial charge < -0.3 is 25.4 Å². The van der Waals surface area contributed by atoms with Crippen LogP contribution < -0.4 is 16.1 Å². The van der Waals surface area contributed by atoms with Crippen molar-refractivity contribution in [3.05, 3.63) is 88.0 Å². The van der Waals surface area contributed by atoms with Crippen LogP contribution >= 0.6 is 11.6 Å². The fourth-order valence-electron chi connectivity index (χ4n) is 4.84. The first-order valence-electron chi connectivity index (χ1n) is 14.9. The highest BCUT2D eigenvalue weighted by Crippen LogP contribution is 2.21. The summed E-state index contributed by atoms with van der Waals surface area (Å²) in [5.41, 5.74) is 3.19. The smallest absolute Gasteiger partial charge is 0.335 e. The van der Waals surface area contributed by atoms with Crippen molar-refractivity contribution in [2.45, 2.75) is 64.5 Å². The minimum Gasteiger partial charge on any atom is -0.480 e. The first-order chi connectivity index (χ1) is 22.0. The zero-order valence-corrected chi connectivity index (χ0v) is 26.1. The van der Waals surface area contributed by atoms with Gasteiger partial charge in [-0.05, 0) is 55.4 Å². The Balaban J connectivity index is 1.60. The number of rotatable bonds is 18. The van der Waals surface area contributed by atoms with Gasteiger partial charge in [0, 0.05) is 19.5 Å². The molecule has 0 saturated carbocycles. The van der Waals surface area contributed by atoms with Gasteiger partial charge in [-0.15, -0.1) is 0 Å². The molecule has 2 unspecified atom stereocenters. The Kier molecular flexibility index (Phi) is 13.7. The Hall–Kier alpha value is -4.75. The van der Waals surface area contributed by atoms with Gasteiger partial charge in [0.05, 0.1) is 5.56 Å². The zero-order chi connectivity index (χ0) is 33.6. The van der Waals surface area contributed by atoms with Crippen molar-refractivity contribution < 1.29 is 39.4 Å². The molecule has 6 N–H and O–H groups in total. The third-order valence-electron chi connectivity index (χ3n) is 7.36. The van der Waals surface area contributed by atoms with Crippen LogP contribution in [-0.2, 0) is 33.8 Å². The van der Waals surface area contributed by atoms with Crippen LogP contribution in [0.2, 0.25) is 5.15 Å². The van der Waals surface area contributed by atoms with E-state index in [1.54, 1.807) is 47.0 Å². The minimum absolute atomic E-state index is 0.0297. The van der Waals surface area contributed by atoms with Gasteiger partial charge in [0.25, 0.3) is 11.8 Å². The predicted molar refractivity (Wildman–Crippen MR) is 168 cm³/mol. The van der Waals surface area contributed by atoms with E-state index in [-0.39, 0.29) is 42.3 Å².